The predicted molar refractivity (Wildman–Crippen MR) is 89.2 cm³/mol. The Hall–Kier alpha value is -1.82. The van der Waals surface area contributed by atoms with Crippen molar-refractivity contribution in [3.8, 4) is 0 Å². The van der Waals surface area contributed by atoms with Crippen LogP contribution < -0.4 is 0 Å². The number of nitrogens with zero attached hydrogens (tertiary/aromatic N) is 1. The summed E-state index contributed by atoms with van der Waals surface area (Å²) < 4.78 is 26.2. The summed E-state index contributed by atoms with van der Waals surface area (Å²) in [5.41, 5.74) is 1.86. The fraction of sp³-hybridized carbons (Fsp3) is 0.368. The van der Waals surface area contributed by atoms with Gasteiger partial charge >= 0.3 is 0 Å². The molecule has 0 aromatic heterocycles. The van der Waals surface area contributed by atoms with Crippen LogP contribution in [-0.4, -0.2) is 34.4 Å². The first-order valence-electron chi connectivity index (χ1n) is 8.07. The zero-order chi connectivity index (χ0) is 17.4. The van der Waals surface area contributed by atoms with E-state index in [1.807, 2.05) is 0 Å². The van der Waals surface area contributed by atoms with Crippen LogP contribution in [0.4, 0.5) is 8.78 Å². The third kappa shape index (κ3) is 5.67. The van der Waals surface area contributed by atoms with E-state index in [0.29, 0.717) is 25.9 Å². The molecule has 2 aromatic carbocycles. The highest BCUT2D eigenvalue weighted by molar-refractivity contribution is 5.18. The van der Waals surface area contributed by atoms with Crippen molar-refractivity contribution in [1.82, 2.24) is 4.90 Å². The number of hydrogen-bond donors (Lipinski definition) is 2. The normalized spacial score (nSPS) is 12.5. The van der Waals surface area contributed by atoms with Crippen LogP contribution in [0.15, 0.2) is 48.5 Å². The first-order chi connectivity index (χ1) is 11.6. The number of aliphatic hydroxyl groups excluding tert-OH is 2. The quantitative estimate of drug-likeness (QED) is 0.740. The smallest absolute Gasteiger partial charge is 0.123 e. The topological polar surface area (TPSA) is 43.7 Å². The number of aliphatic hydroxyl groups is 2. The van der Waals surface area contributed by atoms with Crippen LogP contribution in [-0.2, 0) is 13.1 Å². The molecule has 24 heavy (non-hydrogen) atoms. The molecule has 0 saturated heterocycles. The summed E-state index contributed by atoms with van der Waals surface area (Å²) in [6.45, 7) is 1.10. The van der Waals surface area contributed by atoms with Gasteiger partial charge in [-0.1, -0.05) is 24.3 Å². The van der Waals surface area contributed by atoms with Crippen molar-refractivity contribution < 1.29 is 19.0 Å². The molecule has 0 spiro atoms. The number of benzene rings is 2. The summed E-state index contributed by atoms with van der Waals surface area (Å²) in [5.74, 6) is -0.578. The van der Waals surface area contributed by atoms with Crippen molar-refractivity contribution >= 4 is 0 Å². The summed E-state index contributed by atoms with van der Waals surface area (Å²) in [4.78, 5) is 2.07. The van der Waals surface area contributed by atoms with Gasteiger partial charge in [0.1, 0.15) is 11.6 Å². The monoisotopic (exact) mass is 335 g/mol. The maximum atomic E-state index is 13.1. The van der Waals surface area contributed by atoms with E-state index < -0.39 is 0 Å². The summed E-state index contributed by atoms with van der Waals surface area (Å²) in [7, 11) is 0. The maximum Gasteiger partial charge on any atom is 0.123 e. The van der Waals surface area contributed by atoms with Crippen LogP contribution in [0, 0.1) is 11.6 Å². The number of hydrogen-bond acceptors (Lipinski definition) is 3. The van der Waals surface area contributed by atoms with Crippen molar-refractivity contribution in [3.05, 3.63) is 71.3 Å². The molecular weight excluding hydrogens is 312 g/mol. The van der Waals surface area contributed by atoms with Gasteiger partial charge in [-0.2, -0.15) is 0 Å². The zero-order valence-corrected chi connectivity index (χ0v) is 13.5. The molecule has 130 valence electrons. The lowest BCUT2D eigenvalue weighted by molar-refractivity contribution is 0.0969. The highest BCUT2D eigenvalue weighted by Gasteiger charge is 2.18. The SMILES string of the molecule is OCCC[C@H](CO)N(Cc1ccc(F)cc1)Cc1ccc(F)cc1. The van der Waals surface area contributed by atoms with E-state index >= 15 is 0 Å². The van der Waals surface area contributed by atoms with E-state index in [9.17, 15) is 13.9 Å². The molecular formula is C19H23F2NO2. The van der Waals surface area contributed by atoms with Crippen molar-refractivity contribution in [2.45, 2.75) is 32.0 Å². The Morgan fingerprint density at radius 2 is 1.25 bits per heavy atom. The van der Waals surface area contributed by atoms with Gasteiger partial charge in [0, 0.05) is 25.7 Å². The zero-order valence-electron chi connectivity index (χ0n) is 13.5. The molecule has 0 amide bonds. The first kappa shape index (κ1) is 18.5. The summed E-state index contributed by atoms with van der Waals surface area (Å²) >= 11 is 0. The van der Waals surface area contributed by atoms with Gasteiger partial charge in [0.25, 0.3) is 0 Å². The first-order valence-corrected chi connectivity index (χ1v) is 8.07. The third-order valence-electron chi connectivity index (χ3n) is 4.02. The second-order valence-electron chi connectivity index (χ2n) is 5.86. The fourth-order valence-electron chi connectivity index (χ4n) is 2.68. The molecule has 3 nitrogen and oxygen atoms in total. The molecule has 0 unspecified atom stereocenters. The van der Waals surface area contributed by atoms with Gasteiger partial charge in [-0.15, -0.1) is 0 Å². The standard InChI is InChI=1S/C19H23F2NO2/c20-17-7-3-15(4-8-17)12-22(19(14-24)2-1-11-23)13-16-5-9-18(21)10-6-16/h3-10,19,23-24H,1-2,11-14H2/t19-/m1/s1. The average Bonchev–Trinajstić information content (AvgIpc) is 2.59. The van der Waals surface area contributed by atoms with Gasteiger partial charge in [-0.05, 0) is 48.2 Å². The molecule has 0 radical (unpaired) electrons. The minimum atomic E-state index is -0.289. The predicted octanol–water partition coefficient (Wildman–Crippen LogP) is 3.10. The number of halogens is 2. The van der Waals surface area contributed by atoms with Gasteiger partial charge in [0.15, 0.2) is 0 Å². The molecule has 0 aliphatic carbocycles. The van der Waals surface area contributed by atoms with Crippen LogP contribution in [0.1, 0.15) is 24.0 Å². The lowest BCUT2D eigenvalue weighted by Gasteiger charge is -2.31. The van der Waals surface area contributed by atoms with Crippen molar-refractivity contribution in [2.24, 2.45) is 0 Å². The van der Waals surface area contributed by atoms with Gasteiger partial charge in [0.05, 0.1) is 6.61 Å². The van der Waals surface area contributed by atoms with Crippen LogP contribution in [0.25, 0.3) is 0 Å². The van der Waals surface area contributed by atoms with Crippen LogP contribution in [0.5, 0.6) is 0 Å². The van der Waals surface area contributed by atoms with E-state index in [0.717, 1.165) is 11.1 Å². The minimum absolute atomic E-state index is 0.0393. The van der Waals surface area contributed by atoms with Crippen molar-refractivity contribution in [3.63, 3.8) is 0 Å². The van der Waals surface area contributed by atoms with Gasteiger partial charge in [-0.3, -0.25) is 4.90 Å². The Morgan fingerprint density at radius 1 is 0.792 bits per heavy atom. The van der Waals surface area contributed by atoms with Crippen LogP contribution in [0.3, 0.4) is 0 Å². The summed E-state index contributed by atoms with van der Waals surface area (Å²) in [6.07, 6.45) is 1.24. The Balaban J connectivity index is 2.15. The van der Waals surface area contributed by atoms with Crippen LogP contribution >= 0.6 is 0 Å². The lowest BCUT2D eigenvalue weighted by Crippen LogP contribution is -2.37. The van der Waals surface area contributed by atoms with E-state index in [1.165, 1.54) is 24.3 Å². The summed E-state index contributed by atoms with van der Waals surface area (Å²) in [6, 6.07) is 12.4. The average molecular weight is 335 g/mol. The molecule has 2 N–H and O–H groups in total. The van der Waals surface area contributed by atoms with Crippen molar-refractivity contribution in [1.29, 1.82) is 0 Å². The van der Waals surface area contributed by atoms with Gasteiger partial charge in [0.2, 0.25) is 0 Å². The molecule has 2 rings (SSSR count). The number of rotatable bonds is 9. The maximum absolute atomic E-state index is 13.1. The van der Waals surface area contributed by atoms with E-state index in [4.69, 9.17) is 5.11 Å². The highest BCUT2D eigenvalue weighted by Crippen LogP contribution is 2.17. The Kier molecular flexibility index (Phi) is 7.31. The Bertz CT molecular complexity index is 554. The largest absolute Gasteiger partial charge is 0.396 e. The van der Waals surface area contributed by atoms with Gasteiger partial charge < -0.3 is 10.2 Å². The Morgan fingerprint density at radius 3 is 1.62 bits per heavy atom. The molecule has 5 heteroatoms. The minimum Gasteiger partial charge on any atom is -0.396 e. The van der Waals surface area contributed by atoms with E-state index in [2.05, 4.69) is 4.90 Å². The van der Waals surface area contributed by atoms with E-state index in [1.54, 1.807) is 24.3 Å². The molecule has 0 heterocycles. The molecule has 1 atom stereocenters. The highest BCUT2D eigenvalue weighted by atomic mass is 19.1. The third-order valence-corrected chi connectivity index (χ3v) is 4.02. The second kappa shape index (κ2) is 9.47. The molecule has 0 saturated carbocycles. The summed E-state index contributed by atoms with van der Waals surface area (Å²) in [5, 5.41) is 18.8. The Labute approximate surface area is 141 Å². The molecule has 0 aliphatic heterocycles. The van der Waals surface area contributed by atoms with Crippen molar-refractivity contribution in [2.75, 3.05) is 13.2 Å². The second-order valence-corrected chi connectivity index (χ2v) is 5.86. The van der Waals surface area contributed by atoms with Crippen LogP contribution in [0.2, 0.25) is 0 Å². The molecule has 0 fully saturated rings. The van der Waals surface area contributed by atoms with Gasteiger partial charge in [-0.25, -0.2) is 8.78 Å². The molecule has 0 aliphatic rings. The molecule has 0 bridgehead atoms. The van der Waals surface area contributed by atoms with E-state index in [-0.39, 0.29) is 30.9 Å². The lowest BCUT2D eigenvalue weighted by atomic mass is 10.1. The fourth-order valence-corrected chi connectivity index (χ4v) is 2.68. The molecule has 2 aromatic rings.